The monoisotopic (exact) mass is 211 g/mol. The number of aromatic nitrogens is 2. The van der Waals surface area contributed by atoms with Crippen molar-refractivity contribution >= 4 is 27.4 Å². The van der Waals surface area contributed by atoms with Gasteiger partial charge in [0.1, 0.15) is 0 Å². The Morgan fingerprint density at radius 3 is 3.00 bits per heavy atom. The largest absolute Gasteiger partial charge is 0.335 e. The van der Waals surface area contributed by atoms with Crippen LogP contribution in [0.25, 0.3) is 10.3 Å². The molecule has 0 spiro atoms. The van der Waals surface area contributed by atoms with Crippen molar-refractivity contribution in [2.24, 2.45) is 0 Å². The summed E-state index contributed by atoms with van der Waals surface area (Å²) >= 11 is 1.31. The van der Waals surface area contributed by atoms with Gasteiger partial charge in [0.2, 0.25) is 0 Å². The molecule has 0 saturated heterocycles. The molecule has 6 nitrogen and oxygen atoms in total. The number of pyridine rings is 1. The summed E-state index contributed by atoms with van der Waals surface area (Å²) in [7, 11) is 0. The van der Waals surface area contributed by atoms with E-state index in [9.17, 15) is 14.9 Å². The van der Waals surface area contributed by atoms with Crippen LogP contribution in [0.3, 0.4) is 0 Å². The van der Waals surface area contributed by atoms with Crippen molar-refractivity contribution in [2.45, 2.75) is 6.92 Å². The summed E-state index contributed by atoms with van der Waals surface area (Å²) in [5.74, 6) is 0. The van der Waals surface area contributed by atoms with E-state index in [0.717, 1.165) is 5.01 Å². The molecule has 0 aliphatic rings. The molecule has 14 heavy (non-hydrogen) atoms. The number of fused-ring (bicyclic) bond motifs is 1. The van der Waals surface area contributed by atoms with Gasteiger partial charge < -0.3 is 0 Å². The minimum absolute atomic E-state index is 0.406. The predicted octanol–water partition coefficient (Wildman–Crippen LogP) is 1.20. The van der Waals surface area contributed by atoms with Crippen LogP contribution in [-0.4, -0.2) is 14.9 Å². The summed E-state index contributed by atoms with van der Waals surface area (Å²) < 4.78 is 0.619. The van der Waals surface area contributed by atoms with Gasteiger partial charge in [-0.2, -0.15) is 0 Å². The highest BCUT2D eigenvalue weighted by atomic mass is 32.1. The molecule has 0 saturated carbocycles. The number of hydrogen-bond donors (Lipinski definition) is 1. The van der Waals surface area contributed by atoms with Crippen LogP contribution in [0.1, 0.15) is 5.01 Å². The van der Waals surface area contributed by atoms with Gasteiger partial charge in [0.15, 0.2) is 5.65 Å². The molecule has 2 aromatic heterocycles. The Kier molecular flexibility index (Phi) is 1.81. The minimum Gasteiger partial charge on any atom is -0.300 e. The van der Waals surface area contributed by atoms with Crippen molar-refractivity contribution in [2.75, 3.05) is 0 Å². The summed E-state index contributed by atoms with van der Waals surface area (Å²) in [5.41, 5.74) is -0.753. The second-order valence-electron chi connectivity index (χ2n) is 2.69. The van der Waals surface area contributed by atoms with Gasteiger partial charge in [-0.1, -0.05) is 0 Å². The van der Waals surface area contributed by atoms with Gasteiger partial charge in [0, 0.05) is 6.07 Å². The first-order valence-corrected chi connectivity index (χ1v) is 4.54. The molecule has 2 heterocycles. The number of hydrogen-bond acceptors (Lipinski definition) is 5. The molecule has 72 valence electrons. The number of aromatic amines is 1. The van der Waals surface area contributed by atoms with E-state index in [4.69, 9.17) is 0 Å². The lowest BCUT2D eigenvalue weighted by molar-refractivity contribution is -0.386. The Hall–Kier alpha value is -1.76. The molecule has 0 fully saturated rings. The van der Waals surface area contributed by atoms with Crippen molar-refractivity contribution in [3.05, 3.63) is 31.5 Å². The third kappa shape index (κ3) is 1.27. The maximum atomic E-state index is 11.2. The Morgan fingerprint density at radius 1 is 1.64 bits per heavy atom. The number of thiazole rings is 1. The number of rotatable bonds is 1. The molecular weight excluding hydrogens is 206 g/mol. The van der Waals surface area contributed by atoms with Crippen LogP contribution in [-0.2, 0) is 0 Å². The topological polar surface area (TPSA) is 88.9 Å². The molecule has 0 radical (unpaired) electrons. The Labute approximate surface area is 81.4 Å². The number of H-pyrrole nitrogens is 1. The van der Waals surface area contributed by atoms with Crippen LogP contribution in [0, 0.1) is 17.0 Å². The summed E-state index contributed by atoms with van der Waals surface area (Å²) in [6.07, 6.45) is 0. The van der Waals surface area contributed by atoms with Crippen molar-refractivity contribution in [1.82, 2.24) is 9.97 Å². The van der Waals surface area contributed by atoms with Gasteiger partial charge in [-0.3, -0.25) is 19.9 Å². The summed E-state index contributed by atoms with van der Waals surface area (Å²) in [6.45, 7) is 1.77. The van der Waals surface area contributed by atoms with Crippen molar-refractivity contribution in [3.63, 3.8) is 0 Å². The van der Waals surface area contributed by atoms with Crippen LogP contribution in [0.4, 0.5) is 5.69 Å². The van der Waals surface area contributed by atoms with E-state index in [2.05, 4.69) is 9.97 Å². The number of nitro groups is 1. The van der Waals surface area contributed by atoms with E-state index >= 15 is 0 Å². The zero-order valence-electron chi connectivity index (χ0n) is 7.10. The lowest BCUT2D eigenvalue weighted by atomic mass is 10.4. The molecule has 0 aromatic carbocycles. The second kappa shape index (κ2) is 2.88. The first-order chi connectivity index (χ1) is 6.58. The number of aryl methyl sites for hydroxylation is 1. The lowest BCUT2D eigenvalue weighted by Gasteiger charge is -1.89. The maximum Gasteiger partial charge on any atom is 0.335 e. The highest BCUT2D eigenvalue weighted by molar-refractivity contribution is 7.18. The average Bonchev–Trinajstić information content (AvgIpc) is 2.42. The molecule has 2 rings (SSSR count). The molecular formula is C7H5N3O3S. The molecule has 1 N–H and O–H groups in total. The molecule has 0 aliphatic carbocycles. The van der Waals surface area contributed by atoms with Crippen LogP contribution < -0.4 is 5.56 Å². The number of nitrogens with one attached hydrogen (secondary N) is 1. The third-order valence-corrected chi connectivity index (χ3v) is 2.61. The van der Waals surface area contributed by atoms with Crippen LogP contribution in [0.15, 0.2) is 10.9 Å². The molecule has 7 heteroatoms. The van der Waals surface area contributed by atoms with Crippen LogP contribution in [0.5, 0.6) is 0 Å². The fraction of sp³-hybridized carbons (Fsp3) is 0.143. The van der Waals surface area contributed by atoms with E-state index in [1.807, 2.05) is 0 Å². The second-order valence-corrected chi connectivity index (χ2v) is 3.92. The summed E-state index contributed by atoms with van der Waals surface area (Å²) in [5, 5.41) is 11.2. The zero-order chi connectivity index (χ0) is 10.3. The van der Waals surface area contributed by atoms with Gasteiger partial charge in [-0.15, -0.1) is 11.3 Å². The minimum atomic E-state index is -0.715. The van der Waals surface area contributed by atoms with Crippen LogP contribution >= 0.6 is 11.3 Å². The number of nitrogens with zero attached hydrogens (tertiary/aromatic N) is 2. The van der Waals surface area contributed by atoms with E-state index in [1.165, 1.54) is 17.4 Å². The maximum absolute atomic E-state index is 11.2. The highest BCUT2D eigenvalue weighted by Gasteiger charge is 2.14. The molecule has 0 amide bonds. The molecule has 0 bridgehead atoms. The van der Waals surface area contributed by atoms with Crippen molar-refractivity contribution < 1.29 is 4.92 Å². The quantitative estimate of drug-likeness (QED) is 0.567. The molecule has 0 aliphatic heterocycles. The van der Waals surface area contributed by atoms with Gasteiger partial charge in [0.05, 0.1) is 14.6 Å². The van der Waals surface area contributed by atoms with E-state index in [0.29, 0.717) is 10.3 Å². The molecule has 0 unspecified atom stereocenters. The molecule has 0 atom stereocenters. The third-order valence-electron chi connectivity index (χ3n) is 1.69. The summed E-state index contributed by atoms with van der Waals surface area (Å²) in [6, 6.07) is 1.25. The lowest BCUT2D eigenvalue weighted by Crippen LogP contribution is -2.10. The first kappa shape index (κ1) is 8.82. The van der Waals surface area contributed by atoms with E-state index in [-0.39, 0.29) is 0 Å². The smallest absolute Gasteiger partial charge is 0.300 e. The van der Waals surface area contributed by atoms with Gasteiger partial charge in [-0.25, -0.2) is 4.98 Å². The van der Waals surface area contributed by atoms with Crippen molar-refractivity contribution in [1.29, 1.82) is 0 Å². The van der Waals surface area contributed by atoms with Crippen LogP contribution in [0.2, 0.25) is 0 Å². The Balaban J connectivity index is 2.83. The van der Waals surface area contributed by atoms with Gasteiger partial charge in [0.25, 0.3) is 0 Å². The highest BCUT2D eigenvalue weighted by Crippen LogP contribution is 2.21. The fourth-order valence-electron chi connectivity index (χ4n) is 1.13. The summed E-state index contributed by atoms with van der Waals surface area (Å²) in [4.78, 5) is 27.3. The SMILES string of the molecule is Cc1nc2[nH]c(=O)c([N+](=O)[O-])cc2s1. The normalized spacial score (nSPS) is 10.6. The van der Waals surface area contributed by atoms with Crippen molar-refractivity contribution in [3.8, 4) is 0 Å². The van der Waals surface area contributed by atoms with E-state index < -0.39 is 16.2 Å². The predicted molar refractivity (Wildman–Crippen MR) is 51.6 cm³/mol. The van der Waals surface area contributed by atoms with E-state index in [1.54, 1.807) is 6.92 Å². The first-order valence-electron chi connectivity index (χ1n) is 3.73. The van der Waals surface area contributed by atoms with Gasteiger partial charge >= 0.3 is 11.2 Å². The fourth-order valence-corrected chi connectivity index (χ4v) is 1.95. The molecule has 2 aromatic rings. The van der Waals surface area contributed by atoms with Gasteiger partial charge in [-0.05, 0) is 6.92 Å². The standard InChI is InChI=1S/C7H5N3O3S/c1-3-8-6-5(14-3)2-4(10(12)13)7(11)9-6/h2H,1H3,(H,9,11). The average molecular weight is 211 g/mol. The Morgan fingerprint density at radius 2 is 2.36 bits per heavy atom. The Bertz CT molecular complexity index is 571. The zero-order valence-corrected chi connectivity index (χ0v) is 7.92.